The van der Waals surface area contributed by atoms with Crippen LogP contribution < -0.4 is 19.8 Å². The molecule has 230 valence electrons. The van der Waals surface area contributed by atoms with Crippen LogP contribution in [0.5, 0.6) is 17.2 Å². The zero-order chi connectivity index (χ0) is 30.5. The summed E-state index contributed by atoms with van der Waals surface area (Å²) in [5.41, 5.74) is -0.0962. The van der Waals surface area contributed by atoms with Crippen LogP contribution in [0, 0.1) is 13.8 Å². The number of benzene rings is 2. The predicted molar refractivity (Wildman–Crippen MR) is 144 cm³/mol. The molecule has 14 nitrogen and oxygen atoms in total. The Balaban J connectivity index is 1.50. The molecule has 2 aromatic carbocycles. The summed E-state index contributed by atoms with van der Waals surface area (Å²) in [7, 11) is 2.90. The number of fused-ring (bicyclic) bond motifs is 2. The maximum Gasteiger partial charge on any atom is 0.344 e. The molecule has 1 aromatic heterocycles. The van der Waals surface area contributed by atoms with Crippen molar-refractivity contribution in [3.8, 4) is 17.2 Å². The van der Waals surface area contributed by atoms with E-state index >= 15 is 0 Å². The third-order valence-corrected chi connectivity index (χ3v) is 7.62. The minimum absolute atomic E-state index is 0.109. The number of ether oxygens (including phenoxy) is 6. The van der Waals surface area contributed by atoms with Gasteiger partial charge in [-0.05, 0) is 31.5 Å². The number of hydrogen-bond donors (Lipinski definition) is 6. The fraction of sp³-hybridized carbons (Fsp3) is 0.536. The molecule has 0 radical (unpaired) electrons. The summed E-state index contributed by atoms with van der Waals surface area (Å²) >= 11 is 0. The highest BCUT2D eigenvalue weighted by Gasteiger charge is 2.46. The molecule has 0 amide bonds. The summed E-state index contributed by atoms with van der Waals surface area (Å²) < 4.78 is 39.1. The van der Waals surface area contributed by atoms with Gasteiger partial charge in [0.05, 0.1) is 32.8 Å². The van der Waals surface area contributed by atoms with Gasteiger partial charge < -0.3 is 63.5 Å². The zero-order valence-corrected chi connectivity index (χ0v) is 23.3. The Bertz CT molecular complexity index is 1500. The molecule has 3 heterocycles. The van der Waals surface area contributed by atoms with Crippen LogP contribution in [0.3, 0.4) is 0 Å². The minimum atomic E-state index is -1.73. The number of aliphatic hydroxyl groups excluding tert-OH is 6. The van der Waals surface area contributed by atoms with Gasteiger partial charge in [0.15, 0.2) is 6.29 Å². The van der Waals surface area contributed by atoms with E-state index in [1.54, 1.807) is 26.0 Å². The molecular weight excluding hydrogens is 560 g/mol. The van der Waals surface area contributed by atoms with Crippen molar-refractivity contribution in [2.75, 3.05) is 27.4 Å². The normalized spacial score (nSPS) is 31.8. The highest BCUT2D eigenvalue weighted by molar-refractivity contribution is 6.10. The minimum Gasteiger partial charge on any atom is -0.497 e. The van der Waals surface area contributed by atoms with E-state index in [-0.39, 0.29) is 17.7 Å². The molecule has 0 bridgehead atoms. The first-order valence-electron chi connectivity index (χ1n) is 13.2. The van der Waals surface area contributed by atoms with Gasteiger partial charge in [0.25, 0.3) is 0 Å². The average molecular weight is 595 g/mol. The lowest BCUT2D eigenvalue weighted by Gasteiger charge is -2.41. The Labute approximate surface area is 239 Å². The fourth-order valence-corrected chi connectivity index (χ4v) is 5.40. The Morgan fingerprint density at radius 2 is 1.52 bits per heavy atom. The number of rotatable bonds is 7. The van der Waals surface area contributed by atoms with E-state index in [0.29, 0.717) is 39.0 Å². The third-order valence-electron chi connectivity index (χ3n) is 7.62. The second kappa shape index (κ2) is 11.9. The van der Waals surface area contributed by atoms with Crippen molar-refractivity contribution in [1.82, 2.24) is 0 Å². The molecule has 5 rings (SSSR count). The first kappa shape index (κ1) is 30.4. The molecule has 14 heteroatoms. The van der Waals surface area contributed by atoms with Gasteiger partial charge in [-0.3, -0.25) is 0 Å². The fourth-order valence-electron chi connectivity index (χ4n) is 5.40. The summed E-state index contributed by atoms with van der Waals surface area (Å²) in [6, 6.07) is 4.89. The molecule has 0 spiro atoms. The zero-order valence-electron chi connectivity index (χ0n) is 23.3. The van der Waals surface area contributed by atoms with Crippen molar-refractivity contribution >= 4 is 21.5 Å². The Hall–Kier alpha value is -3.05. The third kappa shape index (κ3) is 5.30. The van der Waals surface area contributed by atoms with Crippen molar-refractivity contribution in [3.63, 3.8) is 0 Å². The lowest BCUT2D eigenvalue weighted by molar-refractivity contribution is -0.307. The summed E-state index contributed by atoms with van der Waals surface area (Å²) in [6.07, 6.45) is -13.7. The largest absolute Gasteiger partial charge is 0.497 e. The molecule has 42 heavy (non-hydrogen) atoms. The lowest BCUT2D eigenvalue weighted by atomic mass is 9.96. The lowest BCUT2D eigenvalue weighted by Crippen LogP contribution is -2.61. The van der Waals surface area contributed by atoms with E-state index in [9.17, 15) is 35.4 Å². The Morgan fingerprint density at radius 1 is 0.833 bits per heavy atom. The van der Waals surface area contributed by atoms with E-state index in [1.165, 1.54) is 20.3 Å². The molecular formula is C28H34O14. The van der Waals surface area contributed by atoms with E-state index in [0.717, 1.165) is 0 Å². The van der Waals surface area contributed by atoms with Crippen molar-refractivity contribution < 1.29 is 63.5 Å². The maximum absolute atomic E-state index is 12.9. The monoisotopic (exact) mass is 594 g/mol. The second-order valence-corrected chi connectivity index (χ2v) is 10.4. The van der Waals surface area contributed by atoms with Crippen LogP contribution in [0.4, 0.5) is 0 Å². The first-order valence-corrected chi connectivity index (χ1v) is 13.2. The van der Waals surface area contributed by atoms with Gasteiger partial charge in [-0.2, -0.15) is 0 Å². The molecule has 2 saturated heterocycles. The van der Waals surface area contributed by atoms with Crippen LogP contribution in [-0.2, 0) is 14.2 Å². The molecule has 3 aromatic rings. The average Bonchev–Trinajstić information content (AvgIpc) is 2.95. The molecule has 0 aliphatic carbocycles. The number of aryl methyl sites for hydroxylation is 2. The van der Waals surface area contributed by atoms with Gasteiger partial charge >= 0.3 is 5.63 Å². The van der Waals surface area contributed by atoms with E-state index in [4.69, 9.17) is 32.8 Å². The molecule has 2 fully saturated rings. The van der Waals surface area contributed by atoms with Crippen LogP contribution in [0.2, 0.25) is 0 Å². The SMILES string of the molecule is COc1cc(OC2O[C@H](COC3OC[C@H](O)[C@H](O)[C@H]3O)[C@@H](O)[C@H](O)[C@H]2O)c2c(C)c3c(=O)oc(C)cc3c(OC)c2c1. The standard InChI is InChI=1S/C28H34O14/c1-10-5-13-19(26(35)40-10)11(2)18-14(25(13)37-4)6-12(36-3)7-16(18)41-28-24(34)22(32)21(31)17(42-28)9-39-27-23(33)20(30)15(29)8-38-27/h5-7,15,17,20-24,27-34H,8-9H2,1-4H3/t15-,17+,20-,21+,22-,23+,24+,27?,28?/m0/s1. The summed E-state index contributed by atoms with van der Waals surface area (Å²) in [5, 5.41) is 63.4. The van der Waals surface area contributed by atoms with Gasteiger partial charge in [0.1, 0.15) is 65.7 Å². The molecule has 2 aliphatic heterocycles. The van der Waals surface area contributed by atoms with Crippen LogP contribution in [0.15, 0.2) is 27.4 Å². The Kier molecular flexibility index (Phi) is 8.63. The van der Waals surface area contributed by atoms with Gasteiger partial charge in [-0.1, -0.05) is 0 Å². The van der Waals surface area contributed by atoms with Crippen LogP contribution in [0.25, 0.3) is 21.5 Å². The second-order valence-electron chi connectivity index (χ2n) is 10.4. The molecule has 0 saturated carbocycles. The number of methoxy groups -OCH3 is 2. The van der Waals surface area contributed by atoms with Crippen LogP contribution in [0.1, 0.15) is 11.3 Å². The predicted octanol–water partition coefficient (Wildman–Crippen LogP) is -0.778. The number of hydrogen-bond acceptors (Lipinski definition) is 14. The van der Waals surface area contributed by atoms with Crippen molar-refractivity contribution in [3.05, 3.63) is 39.9 Å². The molecule has 6 N–H and O–H groups in total. The molecule has 9 atom stereocenters. The smallest absolute Gasteiger partial charge is 0.344 e. The highest BCUT2D eigenvalue weighted by atomic mass is 16.7. The van der Waals surface area contributed by atoms with Gasteiger partial charge in [-0.25, -0.2) is 4.79 Å². The van der Waals surface area contributed by atoms with Crippen LogP contribution in [-0.4, -0.2) is 113 Å². The van der Waals surface area contributed by atoms with Gasteiger partial charge in [0.2, 0.25) is 6.29 Å². The van der Waals surface area contributed by atoms with Gasteiger partial charge in [0, 0.05) is 22.2 Å². The van der Waals surface area contributed by atoms with Crippen LogP contribution >= 0.6 is 0 Å². The number of aliphatic hydroxyl groups is 6. The van der Waals surface area contributed by atoms with Crippen molar-refractivity contribution in [1.29, 1.82) is 0 Å². The molecule has 2 unspecified atom stereocenters. The maximum atomic E-state index is 12.9. The summed E-state index contributed by atoms with van der Waals surface area (Å²) in [6.45, 7) is 2.59. The summed E-state index contributed by atoms with van der Waals surface area (Å²) in [5.74, 6) is 1.21. The van der Waals surface area contributed by atoms with E-state index < -0.39 is 67.5 Å². The van der Waals surface area contributed by atoms with Crippen molar-refractivity contribution in [2.45, 2.75) is 69.2 Å². The van der Waals surface area contributed by atoms with Crippen molar-refractivity contribution in [2.24, 2.45) is 0 Å². The highest BCUT2D eigenvalue weighted by Crippen LogP contribution is 2.44. The van der Waals surface area contributed by atoms with E-state index in [1.807, 2.05) is 0 Å². The topological polar surface area (TPSA) is 207 Å². The summed E-state index contributed by atoms with van der Waals surface area (Å²) in [4.78, 5) is 12.9. The van der Waals surface area contributed by atoms with E-state index in [2.05, 4.69) is 0 Å². The quantitative estimate of drug-likeness (QED) is 0.186. The van der Waals surface area contributed by atoms with Gasteiger partial charge in [-0.15, -0.1) is 0 Å². The first-order chi connectivity index (χ1) is 20.0. The molecule has 2 aliphatic rings. The Morgan fingerprint density at radius 3 is 2.21 bits per heavy atom.